The van der Waals surface area contributed by atoms with Crippen molar-refractivity contribution in [3.05, 3.63) is 29.8 Å². The zero-order valence-electron chi connectivity index (χ0n) is 14.1. The van der Waals surface area contributed by atoms with E-state index in [0.29, 0.717) is 12.5 Å². The summed E-state index contributed by atoms with van der Waals surface area (Å²) >= 11 is 0. The van der Waals surface area contributed by atoms with Gasteiger partial charge in [0.2, 0.25) is 11.8 Å². The van der Waals surface area contributed by atoms with Gasteiger partial charge < -0.3 is 15.5 Å². The van der Waals surface area contributed by atoms with Crippen molar-refractivity contribution in [1.82, 2.24) is 10.2 Å². The molecule has 126 valence electrons. The van der Waals surface area contributed by atoms with E-state index in [2.05, 4.69) is 22.6 Å². The van der Waals surface area contributed by atoms with E-state index in [4.69, 9.17) is 0 Å². The lowest BCUT2D eigenvalue weighted by atomic mass is 9.95. The third-order valence-electron chi connectivity index (χ3n) is 4.25. The van der Waals surface area contributed by atoms with Gasteiger partial charge in [0.15, 0.2) is 0 Å². The number of amides is 2. The molecule has 1 saturated heterocycles. The fourth-order valence-electron chi connectivity index (χ4n) is 2.97. The maximum absolute atomic E-state index is 11.8. The van der Waals surface area contributed by atoms with Crippen LogP contribution in [0.1, 0.15) is 31.2 Å². The fraction of sp³-hybridized carbons (Fsp3) is 0.556. The maximum atomic E-state index is 11.8. The molecule has 1 aliphatic rings. The van der Waals surface area contributed by atoms with Crippen LogP contribution in [-0.2, 0) is 9.59 Å². The first kappa shape index (κ1) is 17.5. The zero-order valence-corrected chi connectivity index (χ0v) is 14.1. The van der Waals surface area contributed by atoms with Gasteiger partial charge >= 0.3 is 0 Å². The number of benzene rings is 1. The van der Waals surface area contributed by atoms with Crippen molar-refractivity contribution in [2.24, 2.45) is 5.92 Å². The molecule has 0 aliphatic carbocycles. The molecule has 5 heteroatoms. The van der Waals surface area contributed by atoms with E-state index in [1.807, 2.05) is 31.2 Å². The molecule has 0 radical (unpaired) electrons. The van der Waals surface area contributed by atoms with Gasteiger partial charge in [-0.1, -0.05) is 17.7 Å². The molecule has 2 amide bonds. The highest BCUT2D eigenvalue weighted by molar-refractivity contribution is 6.03. The summed E-state index contributed by atoms with van der Waals surface area (Å²) in [5.74, 6) is 0.165. The second-order valence-corrected chi connectivity index (χ2v) is 6.50. The third kappa shape index (κ3) is 6.40. The number of anilines is 1. The van der Waals surface area contributed by atoms with Gasteiger partial charge in [-0.2, -0.15) is 0 Å². The molecule has 0 unspecified atom stereocenters. The van der Waals surface area contributed by atoms with Gasteiger partial charge in [0.1, 0.15) is 6.42 Å². The molecule has 1 fully saturated rings. The van der Waals surface area contributed by atoms with Crippen LogP contribution < -0.4 is 10.6 Å². The number of rotatable bonds is 6. The minimum absolute atomic E-state index is 0.127. The van der Waals surface area contributed by atoms with Crippen LogP contribution in [0.3, 0.4) is 0 Å². The first-order valence-corrected chi connectivity index (χ1v) is 8.34. The van der Waals surface area contributed by atoms with E-state index in [1.165, 1.54) is 19.4 Å². The molecular formula is C18H27N3O2. The number of hydrogen-bond donors (Lipinski definition) is 2. The molecule has 2 N–H and O–H groups in total. The summed E-state index contributed by atoms with van der Waals surface area (Å²) in [5.41, 5.74) is 1.85. The van der Waals surface area contributed by atoms with Crippen molar-refractivity contribution in [3.63, 3.8) is 0 Å². The molecule has 2 rings (SSSR count). The SMILES string of the molecule is Cc1ccc(NC(=O)CC(=O)NCC[C@@H]2CCCN(C)C2)cc1. The van der Waals surface area contributed by atoms with Crippen LogP contribution in [0.25, 0.3) is 0 Å². The van der Waals surface area contributed by atoms with Crippen molar-refractivity contribution in [1.29, 1.82) is 0 Å². The van der Waals surface area contributed by atoms with Gasteiger partial charge in [-0.05, 0) is 57.8 Å². The Kier molecular flexibility index (Phi) is 6.59. The summed E-state index contributed by atoms with van der Waals surface area (Å²) in [6.07, 6.45) is 3.32. The quantitative estimate of drug-likeness (QED) is 0.791. The molecule has 0 aromatic heterocycles. The van der Waals surface area contributed by atoms with Gasteiger partial charge in [0.25, 0.3) is 0 Å². The Morgan fingerprint density at radius 2 is 1.96 bits per heavy atom. The van der Waals surface area contributed by atoms with Crippen LogP contribution in [0.4, 0.5) is 5.69 Å². The Balaban J connectivity index is 1.64. The van der Waals surface area contributed by atoms with Crippen LogP contribution in [0.15, 0.2) is 24.3 Å². The molecule has 5 nitrogen and oxygen atoms in total. The van der Waals surface area contributed by atoms with Crippen LogP contribution in [-0.4, -0.2) is 43.4 Å². The number of likely N-dealkylation sites (tertiary alicyclic amines) is 1. The normalized spacial score (nSPS) is 18.4. The summed E-state index contributed by atoms with van der Waals surface area (Å²) < 4.78 is 0. The molecule has 1 aromatic carbocycles. The number of aryl methyl sites for hydroxylation is 1. The number of piperidine rings is 1. The van der Waals surface area contributed by atoms with Gasteiger partial charge in [-0.15, -0.1) is 0 Å². The molecule has 1 heterocycles. The van der Waals surface area contributed by atoms with Crippen molar-refractivity contribution < 1.29 is 9.59 Å². The molecule has 1 aliphatic heterocycles. The summed E-state index contributed by atoms with van der Waals surface area (Å²) in [6.45, 7) is 4.91. The fourth-order valence-corrected chi connectivity index (χ4v) is 2.97. The minimum Gasteiger partial charge on any atom is -0.356 e. The largest absolute Gasteiger partial charge is 0.356 e. The molecule has 0 saturated carbocycles. The summed E-state index contributed by atoms with van der Waals surface area (Å²) in [6, 6.07) is 7.53. The Bertz CT molecular complexity index is 528. The van der Waals surface area contributed by atoms with Crippen molar-refractivity contribution in [2.45, 2.75) is 32.6 Å². The zero-order chi connectivity index (χ0) is 16.7. The first-order chi connectivity index (χ1) is 11.0. The number of hydrogen-bond acceptors (Lipinski definition) is 3. The number of nitrogens with one attached hydrogen (secondary N) is 2. The van der Waals surface area contributed by atoms with Crippen molar-refractivity contribution >= 4 is 17.5 Å². The van der Waals surface area contributed by atoms with E-state index in [1.54, 1.807) is 0 Å². The predicted octanol–water partition coefficient (Wildman–Crippen LogP) is 2.17. The lowest BCUT2D eigenvalue weighted by molar-refractivity contribution is -0.126. The number of carbonyl (C=O) groups excluding carboxylic acids is 2. The third-order valence-corrected chi connectivity index (χ3v) is 4.25. The predicted molar refractivity (Wildman–Crippen MR) is 92.3 cm³/mol. The van der Waals surface area contributed by atoms with Crippen molar-refractivity contribution in [2.75, 3.05) is 32.0 Å². The highest BCUT2D eigenvalue weighted by Crippen LogP contribution is 2.17. The highest BCUT2D eigenvalue weighted by Gasteiger charge is 2.17. The van der Waals surface area contributed by atoms with Gasteiger partial charge in [-0.3, -0.25) is 9.59 Å². The average Bonchev–Trinajstić information content (AvgIpc) is 2.49. The Labute approximate surface area is 138 Å². The Morgan fingerprint density at radius 1 is 1.22 bits per heavy atom. The molecule has 0 bridgehead atoms. The Morgan fingerprint density at radius 3 is 2.65 bits per heavy atom. The molecule has 1 atom stereocenters. The lowest BCUT2D eigenvalue weighted by Crippen LogP contribution is -2.35. The van der Waals surface area contributed by atoms with Gasteiger partial charge in [-0.25, -0.2) is 0 Å². The van der Waals surface area contributed by atoms with Crippen LogP contribution in [0.2, 0.25) is 0 Å². The minimum atomic E-state index is -0.274. The standard InChI is InChI=1S/C18H27N3O2/c1-14-5-7-16(8-6-14)20-18(23)12-17(22)19-10-9-15-4-3-11-21(2)13-15/h5-8,15H,3-4,9-13H2,1-2H3,(H,19,22)(H,20,23)/t15-/m0/s1. The molecule has 1 aromatic rings. The van der Waals surface area contributed by atoms with Crippen LogP contribution in [0.5, 0.6) is 0 Å². The van der Waals surface area contributed by atoms with Crippen LogP contribution >= 0.6 is 0 Å². The number of nitrogens with zero attached hydrogens (tertiary/aromatic N) is 1. The van der Waals surface area contributed by atoms with Crippen LogP contribution in [0, 0.1) is 12.8 Å². The monoisotopic (exact) mass is 317 g/mol. The molecule has 0 spiro atoms. The van der Waals surface area contributed by atoms with E-state index in [-0.39, 0.29) is 18.2 Å². The van der Waals surface area contributed by atoms with E-state index < -0.39 is 0 Å². The maximum Gasteiger partial charge on any atom is 0.233 e. The lowest BCUT2D eigenvalue weighted by Gasteiger charge is -2.29. The van der Waals surface area contributed by atoms with E-state index in [9.17, 15) is 9.59 Å². The topological polar surface area (TPSA) is 61.4 Å². The number of carbonyl (C=O) groups is 2. The molecule has 23 heavy (non-hydrogen) atoms. The van der Waals surface area contributed by atoms with Gasteiger partial charge in [0.05, 0.1) is 0 Å². The summed E-state index contributed by atoms with van der Waals surface area (Å²) in [5, 5.41) is 5.59. The van der Waals surface area contributed by atoms with Gasteiger partial charge in [0, 0.05) is 18.8 Å². The van der Waals surface area contributed by atoms with E-state index >= 15 is 0 Å². The second kappa shape index (κ2) is 8.67. The smallest absolute Gasteiger partial charge is 0.233 e. The first-order valence-electron chi connectivity index (χ1n) is 8.34. The summed E-state index contributed by atoms with van der Waals surface area (Å²) in [4.78, 5) is 26.0. The molecular weight excluding hydrogens is 290 g/mol. The average molecular weight is 317 g/mol. The highest BCUT2D eigenvalue weighted by atomic mass is 16.2. The Hall–Kier alpha value is -1.88. The summed E-state index contributed by atoms with van der Waals surface area (Å²) in [7, 11) is 2.14. The van der Waals surface area contributed by atoms with E-state index in [0.717, 1.165) is 24.2 Å². The van der Waals surface area contributed by atoms with Crippen molar-refractivity contribution in [3.8, 4) is 0 Å². The second-order valence-electron chi connectivity index (χ2n) is 6.50.